The van der Waals surface area contributed by atoms with Crippen molar-refractivity contribution in [1.29, 1.82) is 0 Å². The summed E-state index contributed by atoms with van der Waals surface area (Å²) in [7, 11) is 0. The number of hydrogen-bond donors (Lipinski definition) is 2. The molecule has 126 valence electrons. The van der Waals surface area contributed by atoms with Crippen LogP contribution >= 0.6 is 0 Å². The normalized spacial score (nSPS) is 11.9. The first-order valence-corrected chi connectivity index (χ1v) is 8.17. The van der Waals surface area contributed by atoms with Gasteiger partial charge >= 0.3 is 0 Å². The van der Waals surface area contributed by atoms with Gasteiger partial charge in [0.2, 0.25) is 0 Å². The fraction of sp³-hybridized carbons (Fsp3) is 0.136. The van der Waals surface area contributed by atoms with Crippen LogP contribution in [0.3, 0.4) is 0 Å². The highest BCUT2D eigenvalue weighted by atomic mass is 16.3. The van der Waals surface area contributed by atoms with E-state index in [-0.39, 0.29) is 17.4 Å². The number of phenols is 2. The quantitative estimate of drug-likeness (QED) is 0.658. The minimum atomic E-state index is -0.0172. The molecule has 0 aliphatic heterocycles. The molecule has 3 nitrogen and oxygen atoms in total. The van der Waals surface area contributed by atoms with Gasteiger partial charge in [-0.05, 0) is 53.4 Å². The van der Waals surface area contributed by atoms with Crippen molar-refractivity contribution in [3.63, 3.8) is 0 Å². The summed E-state index contributed by atoms with van der Waals surface area (Å²) in [5.74, 6) is 0.495. The lowest BCUT2D eigenvalue weighted by atomic mass is 9.88. The number of phenolic OH excluding ortho intramolecular Hbond substituents is 2. The summed E-state index contributed by atoms with van der Waals surface area (Å²) in [5.41, 5.74) is 5.27. The molecule has 0 radical (unpaired) electrons. The second kappa shape index (κ2) is 6.81. The SMILES string of the molecule is Cc1cc(-c2ccc(O)cc2)cc(C(C)c2ccc(C=O)cc2)c1O. The maximum Gasteiger partial charge on any atom is 0.150 e. The lowest BCUT2D eigenvalue weighted by molar-refractivity contribution is 0.112. The number of aryl methyl sites for hydroxylation is 1. The average Bonchev–Trinajstić information content (AvgIpc) is 2.64. The lowest BCUT2D eigenvalue weighted by Gasteiger charge is -2.18. The lowest BCUT2D eigenvalue weighted by Crippen LogP contribution is -1.99. The van der Waals surface area contributed by atoms with Crippen LogP contribution in [-0.4, -0.2) is 16.5 Å². The van der Waals surface area contributed by atoms with E-state index in [1.165, 1.54) is 0 Å². The van der Waals surface area contributed by atoms with Crippen molar-refractivity contribution >= 4 is 6.29 Å². The maximum absolute atomic E-state index is 10.8. The third-order valence-electron chi connectivity index (χ3n) is 4.57. The molecule has 0 saturated carbocycles. The first-order valence-electron chi connectivity index (χ1n) is 8.17. The molecular weight excluding hydrogens is 312 g/mol. The topological polar surface area (TPSA) is 57.5 Å². The van der Waals surface area contributed by atoms with Gasteiger partial charge in [-0.3, -0.25) is 4.79 Å². The van der Waals surface area contributed by atoms with Crippen molar-refractivity contribution in [3.8, 4) is 22.6 Å². The molecule has 0 bridgehead atoms. The largest absolute Gasteiger partial charge is 0.508 e. The zero-order chi connectivity index (χ0) is 18.0. The third kappa shape index (κ3) is 3.41. The van der Waals surface area contributed by atoms with Gasteiger partial charge in [0.1, 0.15) is 17.8 Å². The highest BCUT2D eigenvalue weighted by Gasteiger charge is 2.16. The van der Waals surface area contributed by atoms with Crippen LogP contribution in [0.5, 0.6) is 11.5 Å². The number of aromatic hydroxyl groups is 2. The minimum Gasteiger partial charge on any atom is -0.508 e. The fourth-order valence-corrected chi connectivity index (χ4v) is 3.00. The Kier molecular flexibility index (Phi) is 4.57. The van der Waals surface area contributed by atoms with Gasteiger partial charge in [-0.25, -0.2) is 0 Å². The van der Waals surface area contributed by atoms with Crippen LogP contribution in [0.25, 0.3) is 11.1 Å². The summed E-state index contributed by atoms with van der Waals surface area (Å²) in [4.78, 5) is 10.8. The van der Waals surface area contributed by atoms with Crippen LogP contribution in [0.2, 0.25) is 0 Å². The summed E-state index contributed by atoms with van der Waals surface area (Å²) < 4.78 is 0. The van der Waals surface area contributed by atoms with Crippen LogP contribution < -0.4 is 0 Å². The Labute approximate surface area is 147 Å². The number of carbonyl (C=O) groups excluding carboxylic acids is 1. The Morgan fingerprint density at radius 2 is 1.52 bits per heavy atom. The molecule has 3 aromatic carbocycles. The van der Waals surface area contributed by atoms with Gasteiger partial charge in [0, 0.05) is 17.0 Å². The highest BCUT2D eigenvalue weighted by Crippen LogP contribution is 2.37. The summed E-state index contributed by atoms with van der Waals surface area (Å²) in [6.45, 7) is 3.91. The van der Waals surface area contributed by atoms with E-state index in [0.29, 0.717) is 5.56 Å². The zero-order valence-electron chi connectivity index (χ0n) is 14.2. The number of hydrogen-bond acceptors (Lipinski definition) is 3. The van der Waals surface area contributed by atoms with Crippen LogP contribution in [0, 0.1) is 6.92 Å². The van der Waals surface area contributed by atoms with Crippen molar-refractivity contribution in [2.45, 2.75) is 19.8 Å². The molecule has 0 spiro atoms. The summed E-state index contributed by atoms with van der Waals surface area (Å²) in [6.07, 6.45) is 0.821. The van der Waals surface area contributed by atoms with Crippen LogP contribution in [0.1, 0.15) is 39.9 Å². The Bertz CT molecular complexity index is 894. The highest BCUT2D eigenvalue weighted by molar-refractivity contribution is 5.75. The number of carbonyl (C=O) groups is 1. The van der Waals surface area contributed by atoms with Gasteiger partial charge < -0.3 is 10.2 Å². The molecule has 3 heteroatoms. The van der Waals surface area contributed by atoms with Crippen molar-refractivity contribution < 1.29 is 15.0 Å². The molecule has 0 fully saturated rings. The standard InChI is InChI=1S/C22H20O3/c1-14-11-19(18-7-9-20(24)10-8-18)12-21(22(14)25)15(2)17-5-3-16(13-23)4-6-17/h3-13,15,24-25H,1-2H3. The molecule has 1 atom stereocenters. The van der Waals surface area contributed by atoms with Gasteiger partial charge in [-0.2, -0.15) is 0 Å². The van der Waals surface area contributed by atoms with Crippen LogP contribution in [0.4, 0.5) is 0 Å². The summed E-state index contributed by atoms with van der Waals surface area (Å²) in [5, 5.41) is 20.0. The van der Waals surface area contributed by atoms with Gasteiger partial charge in [-0.15, -0.1) is 0 Å². The number of benzene rings is 3. The molecule has 3 rings (SSSR count). The van der Waals surface area contributed by atoms with Crippen molar-refractivity contribution in [2.24, 2.45) is 0 Å². The molecule has 3 aromatic rings. The maximum atomic E-state index is 10.8. The smallest absolute Gasteiger partial charge is 0.150 e. The first-order chi connectivity index (χ1) is 12.0. The van der Waals surface area contributed by atoms with Gasteiger partial charge in [0.05, 0.1) is 0 Å². The molecule has 0 aromatic heterocycles. The molecule has 0 amide bonds. The Morgan fingerprint density at radius 1 is 0.880 bits per heavy atom. The number of aldehydes is 1. The predicted octanol–water partition coefficient (Wildman–Crippen LogP) is 5.04. The van der Waals surface area contributed by atoms with E-state index in [9.17, 15) is 15.0 Å². The summed E-state index contributed by atoms with van der Waals surface area (Å²) >= 11 is 0. The van der Waals surface area contributed by atoms with E-state index in [0.717, 1.165) is 34.1 Å². The van der Waals surface area contributed by atoms with Crippen molar-refractivity contribution in [3.05, 3.63) is 82.9 Å². The Balaban J connectivity index is 2.05. The van der Waals surface area contributed by atoms with E-state index >= 15 is 0 Å². The molecule has 0 saturated heterocycles. The molecule has 25 heavy (non-hydrogen) atoms. The van der Waals surface area contributed by atoms with Crippen molar-refractivity contribution in [2.75, 3.05) is 0 Å². The third-order valence-corrected chi connectivity index (χ3v) is 4.57. The molecule has 1 unspecified atom stereocenters. The average molecular weight is 332 g/mol. The second-order valence-corrected chi connectivity index (χ2v) is 6.28. The van der Waals surface area contributed by atoms with E-state index < -0.39 is 0 Å². The van der Waals surface area contributed by atoms with Crippen LogP contribution in [0.15, 0.2) is 60.7 Å². The van der Waals surface area contributed by atoms with Crippen LogP contribution in [-0.2, 0) is 0 Å². The summed E-state index contributed by atoms with van der Waals surface area (Å²) in [6, 6.07) is 18.3. The second-order valence-electron chi connectivity index (χ2n) is 6.28. The predicted molar refractivity (Wildman–Crippen MR) is 99.3 cm³/mol. The van der Waals surface area contributed by atoms with Gasteiger partial charge in [-0.1, -0.05) is 43.3 Å². The Hall–Kier alpha value is -3.07. The van der Waals surface area contributed by atoms with Gasteiger partial charge in [0.25, 0.3) is 0 Å². The molecule has 0 aliphatic rings. The molecule has 2 N–H and O–H groups in total. The van der Waals surface area contributed by atoms with E-state index in [2.05, 4.69) is 0 Å². The molecular formula is C22H20O3. The Morgan fingerprint density at radius 3 is 2.12 bits per heavy atom. The van der Waals surface area contributed by atoms with E-state index in [1.807, 2.05) is 50.2 Å². The molecule has 0 aliphatic carbocycles. The monoisotopic (exact) mass is 332 g/mol. The minimum absolute atomic E-state index is 0.0172. The van der Waals surface area contributed by atoms with E-state index in [1.54, 1.807) is 24.3 Å². The number of rotatable bonds is 4. The van der Waals surface area contributed by atoms with Crippen molar-refractivity contribution in [1.82, 2.24) is 0 Å². The van der Waals surface area contributed by atoms with E-state index in [4.69, 9.17) is 0 Å². The van der Waals surface area contributed by atoms with Gasteiger partial charge in [0.15, 0.2) is 0 Å². The zero-order valence-corrected chi connectivity index (χ0v) is 14.2. The molecule has 0 heterocycles. The fourth-order valence-electron chi connectivity index (χ4n) is 3.00. The first kappa shape index (κ1) is 16.8.